The molecule has 27 heavy (non-hydrogen) atoms. The van der Waals surface area contributed by atoms with Crippen molar-refractivity contribution in [3.8, 4) is 11.5 Å². The Morgan fingerprint density at radius 3 is 2.89 bits per heavy atom. The fourth-order valence-corrected chi connectivity index (χ4v) is 3.85. The number of rotatable bonds is 3. The Morgan fingerprint density at radius 2 is 2.07 bits per heavy atom. The molecule has 5 nitrogen and oxygen atoms in total. The van der Waals surface area contributed by atoms with E-state index in [1.54, 1.807) is 13.4 Å². The maximum absolute atomic E-state index is 6.33. The smallest absolute Gasteiger partial charge is 0.214 e. The van der Waals surface area contributed by atoms with Crippen LogP contribution in [0.15, 0.2) is 70.4 Å². The van der Waals surface area contributed by atoms with Crippen molar-refractivity contribution in [3.63, 3.8) is 0 Å². The van der Waals surface area contributed by atoms with Gasteiger partial charge in [0.1, 0.15) is 23.0 Å². The minimum atomic E-state index is -0.355. The molecule has 6 heteroatoms. The number of hydrogen-bond acceptors (Lipinski definition) is 5. The van der Waals surface area contributed by atoms with Crippen LogP contribution >= 0.6 is 11.6 Å². The van der Waals surface area contributed by atoms with E-state index < -0.39 is 0 Å². The Labute approximate surface area is 161 Å². The molecule has 0 aliphatic carbocycles. The van der Waals surface area contributed by atoms with Gasteiger partial charge in [-0.1, -0.05) is 23.7 Å². The third-order valence-electron chi connectivity index (χ3n) is 4.94. The number of nitrogens with zero attached hydrogens (tertiary/aromatic N) is 2. The Kier molecular flexibility index (Phi) is 3.83. The lowest BCUT2D eigenvalue weighted by Gasteiger charge is -2.38. The number of benzene rings is 2. The molecule has 136 valence electrons. The van der Waals surface area contributed by atoms with Gasteiger partial charge in [-0.05, 0) is 42.5 Å². The SMILES string of the molecule is COc1cccc([C@H]2Oc3ccc(Cl)cc3[C@@H]3CC(c4ccco4)=NN23)c1. The number of fused-ring (bicyclic) bond motifs is 3. The second-order valence-corrected chi connectivity index (χ2v) is 6.99. The first-order chi connectivity index (χ1) is 13.2. The molecule has 5 rings (SSSR count). The van der Waals surface area contributed by atoms with Gasteiger partial charge in [0.2, 0.25) is 6.23 Å². The molecule has 0 saturated carbocycles. The fraction of sp³-hybridized carbons (Fsp3) is 0.190. The third-order valence-corrected chi connectivity index (χ3v) is 5.17. The summed E-state index contributed by atoms with van der Waals surface area (Å²) in [5, 5.41) is 7.52. The van der Waals surface area contributed by atoms with Crippen LogP contribution < -0.4 is 9.47 Å². The highest BCUT2D eigenvalue weighted by Crippen LogP contribution is 2.48. The average Bonchev–Trinajstić information content (AvgIpc) is 3.37. The van der Waals surface area contributed by atoms with Crippen molar-refractivity contribution in [2.24, 2.45) is 5.10 Å². The second-order valence-electron chi connectivity index (χ2n) is 6.55. The first-order valence-electron chi connectivity index (χ1n) is 8.72. The normalized spacial score (nSPS) is 20.5. The molecular formula is C21H17ClN2O3. The van der Waals surface area contributed by atoms with E-state index >= 15 is 0 Å². The summed E-state index contributed by atoms with van der Waals surface area (Å²) in [5.41, 5.74) is 2.91. The molecule has 3 heterocycles. The number of hydrogen-bond donors (Lipinski definition) is 0. The van der Waals surface area contributed by atoms with Gasteiger partial charge in [-0.15, -0.1) is 0 Å². The van der Waals surface area contributed by atoms with Crippen LogP contribution in [-0.2, 0) is 0 Å². The van der Waals surface area contributed by atoms with E-state index in [2.05, 4.69) is 0 Å². The molecule has 2 aliphatic heterocycles. The zero-order valence-electron chi connectivity index (χ0n) is 14.6. The molecule has 0 fully saturated rings. The molecule has 2 aliphatic rings. The highest BCUT2D eigenvalue weighted by atomic mass is 35.5. The summed E-state index contributed by atoms with van der Waals surface area (Å²) < 4.78 is 17.3. The van der Waals surface area contributed by atoms with Crippen LogP contribution in [0, 0.1) is 0 Å². The van der Waals surface area contributed by atoms with E-state index in [9.17, 15) is 0 Å². The Balaban J connectivity index is 1.61. The van der Waals surface area contributed by atoms with Crippen molar-refractivity contribution < 1.29 is 13.9 Å². The van der Waals surface area contributed by atoms with E-state index in [0.717, 1.165) is 40.5 Å². The number of hydrazone groups is 1. The molecule has 1 aromatic heterocycles. The lowest BCUT2D eigenvalue weighted by Crippen LogP contribution is -2.33. The molecular weight excluding hydrogens is 364 g/mol. The molecule has 0 radical (unpaired) electrons. The predicted molar refractivity (Wildman–Crippen MR) is 102 cm³/mol. The Bertz CT molecular complexity index is 1020. The molecule has 3 aromatic rings. The number of ether oxygens (including phenoxy) is 2. The van der Waals surface area contributed by atoms with Gasteiger partial charge in [0.25, 0.3) is 0 Å². The van der Waals surface area contributed by atoms with Crippen molar-refractivity contribution in [3.05, 3.63) is 82.8 Å². The van der Waals surface area contributed by atoms with Crippen molar-refractivity contribution in [1.82, 2.24) is 5.01 Å². The lowest BCUT2D eigenvalue weighted by molar-refractivity contribution is -0.0191. The minimum Gasteiger partial charge on any atom is -0.497 e. The first-order valence-corrected chi connectivity index (χ1v) is 9.10. The zero-order chi connectivity index (χ0) is 18.4. The maximum atomic E-state index is 6.33. The molecule has 2 atom stereocenters. The Hall–Kier alpha value is -2.92. The lowest BCUT2D eigenvalue weighted by atomic mass is 9.97. The van der Waals surface area contributed by atoms with Gasteiger partial charge >= 0.3 is 0 Å². The molecule has 0 N–H and O–H groups in total. The van der Waals surface area contributed by atoms with Crippen molar-refractivity contribution >= 4 is 17.3 Å². The highest BCUT2D eigenvalue weighted by Gasteiger charge is 2.41. The summed E-state index contributed by atoms with van der Waals surface area (Å²) in [4.78, 5) is 0. The second kappa shape index (κ2) is 6.35. The molecule has 0 bridgehead atoms. The maximum Gasteiger partial charge on any atom is 0.214 e. The van der Waals surface area contributed by atoms with Gasteiger partial charge in [0, 0.05) is 22.6 Å². The van der Waals surface area contributed by atoms with Crippen molar-refractivity contribution in [2.45, 2.75) is 18.7 Å². The fourth-order valence-electron chi connectivity index (χ4n) is 3.66. The zero-order valence-corrected chi connectivity index (χ0v) is 15.4. The van der Waals surface area contributed by atoms with Gasteiger partial charge in [0.05, 0.1) is 19.4 Å². The van der Waals surface area contributed by atoms with Gasteiger partial charge in [-0.25, -0.2) is 5.01 Å². The Morgan fingerprint density at radius 1 is 1.15 bits per heavy atom. The summed E-state index contributed by atoms with van der Waals surface area (Å²) in [7, 11) is 1.66. The average molecular weight is 381 g/mol. The molecule has 2 aromatic carbocycles. The van der Waals surface area contributed by atoms with Crippen LogP contribution in [0.3, 0.4) is 0 Å². The van der Waals surface area contributed by atoms with E-state index in [4.69, 9.17) is 30.6 Å². The quantitative estimate of drug-likeness (QED) is 0.627. The summed E-state index contributed by atoms with van der Waals surface area (Å²) in [6.07, 6.45) is 2.03. The minimum absolute atomic E-state index is 0.0313. The van der Waals surface area contributed by atoms with E-state index in [0.29, 0.717) is 5.02 Å². The van der Waals surface area contributed by atoms with Gasteiger partial charge in [-0.2, -0.15) is 5.10 Å². The van der Waals surface area contributed by atoms with Gasteiger partial charge < -0.3 is 13.9 Å². The largest absolute Gasteiger partial charge is 0.497 e. The topological polar surface area (TPSA) is 47.2 Å². The van der Waals surface area contributed by atoms with Crippen molar-refractivity contribution in [2.75, 3.05) is 7.11 Å². The van der Waals surface area contributed by atoms with E-state index in [1.165, 1.54) is 0 Å². The summed E-state index contributed by atoms with van der Waals surface area (Å²) in [6.45, 7) is 0. The molecule has 0 saturated heterocycles. The molecule has 0 amide bonds. The van der Waals surface area contributed by atoms with E-state index in [-0.39, 0.29) is 12.3 Å². The van der Waals surface area contributed by atoms with Crippen molar-refractivity contribution in [1.29, 1.82) is 0 Å². The van der Waals surface area contributed by atoms with Crippen LogP contribution in [0.2, 0.25) is 5.02 Å². The summed E-state index contributed by atoms with van der Waals surface area (Å²) in [6, 6.07) is 17.4. The molecule has 0 spiro atoms. The van der Waals surface area contributed by atoms with Crippen LogP contribution in [-0.4, -0.2) is 17.8 Å². The highest BCUT2D eigenvalue weighted by molar-refractivity contribution is 6.30. The van der Waals surface area contributed by atoms with Gasteiger partial charge in [-0.3, -0.25) is 0 Å². The summed E-state index contributed by atoms with van der Waals surface area (Å²) in [5.74, 6) is 2.38. The standard InChI is InChI=1S/C21H17ClN2O3/c1-25-15-5-2-4-13(10-15)21-24-18(12-17(23-24)20-6-3-9-26-20)16-11-14(22)7-8-19(16)27-21/h2-11,18,21H,12H2,1H3/t18-,21+/m0/s1. The number of halogens is 1. The van der Waals surface area contributed by atoms with Crippen LogP contribution in [0.25, 0.3) is 0 Å². The number of furan rings is 1. The van der Waals surface area contributed by atoms with Crippen LogP contribution in [0.4, 0.5) is 0 Å². The predicted octanol–water partition coefficient (Wildman–Crippen LogP) is 5.18. The van der Waals surface area contributed by atoms with E-state index in [1.807, 2.05) is 59.6 Å². The third kappa shape index (κ3) is 2.75. The monoisotopic (exact) mass is 380 g/mol. The summed E-state index contributed by atoms with van der Waals surface area (Å²) >= 11 is 6.25. The molecule has 0 unspecified atom stereocenters. The first kappa shape index (κ1) is 16.3. The van der Waals surface area contributed by atoms with Gasteiger partial charge in [0.15, 0.2) is 0 Å². The van der Waals surface area contributed by atoms with Crippen LogP contribution in [0.1, 0.15) is 35.6 Å². The van der Waals surface area contributed by atoms with Crippen LogP contribution in [0.5, 0.6) is 11.5 Å². The number of methoxy groups -OCH3 is 1.